The van der Waals surface area contributed by atoms with Crippen LogP contribution in [-0.4, -0.2) is 30.6 Å². The molecule has 0 spiro atoms. The van der Waals surface area contributed by atoms with Gasteiger partial charge in [0.05, 0.1) is 6.54 Å². The number of carboxylic acid groups (broad SMARTS) is 1. The molecule has 0 saturated carbocycles. The van der Waals surface area contributed by atoms with E-state index in [9.17, 15) is 4.79 Å². The minimum atomic E-state index is -0.963. The van der Waals surface area contributed by atoms with Crippen LogP contribution in [0.4, 0.5) is 0 Å². The van der Waals surface area contributed by atoms with Gasteiger partial charge in [-0.2, -0.15) is 0 Å². The van der Waals surface area contributed by atoms with E-state index in [4.69, 9.17) is 10.1 Å². The molecule has 6 heteroatoms. The average molecular weight is 360 g/mol. The Balaban J connectivity index is 1.72. The molecule has 1 aromatic carbocycles. The summed E-state index contributed by atoms with van der Waals surface area (Å²) in [5.74, 6) is -0.0275. The molecule has 4 rings (SSSR count). The third-order valence-corrected chi connectivity index (χ3v) is 4.67. The van der Waals surface area contributed by atoms with Gasteiger partial charge in [0, 0.05) is 28.4 Å². The maximum atomic E-state index is 10.7. The molecule has 0 fully saturated rings. The molecular formula is C21H20N4O2. The summed E-state index contributed by atoms with van der Waals surface area (Å²) in [6, 6.07) is 10.2. The van der Waals surface area contributed by atoms with Gasteiger partial charge >= 0.3 is 5.97 Å². The zero-order chi connectivity index (χ0) is 19.1. The standard InChI is InChI=1S/C21H20N4O2/c1-12-8-13(2)22-21-20(12)23-14(3)25(21)11-15-4-6-18-16(9-15)10-17(24-18)5-7-19(26)27/h4-10,24H,11H2,1-3H3,(H,26,27). The maximum absolute atomic E-state index is 10.7. The van der Waals surface area contributed by atoms with Gasteiger partial charge in [0.2, 0.25) is 0 Å². The molecular weight excluding hydrogens is 340 g/mol. The summed E-state index contributed by atoms with van der Waals surface area (Å²) in [4.78, 5) is 23.3. The van der Waals surface area contributed by atoms with Crippen LogP contribution in [0.5, 0.6) is 0 Å². The van der Waals surface area contributed by atoms with E-state index in [2.05, 4.69) is 39.7 Å². The Labute approximate surface area is 156 Å². The molecule has 0 saturated heterocycles. The molecule has 0 aliphatic carbocycles. The number of hydrogen-bond donors (Lipinski definition) is 2. The average Bonchev–Trinajstić information content (AvgIpc) is 3.15. The lowest BCUT2D eigenvalue weighted by atomic mass is 10.1. The Hall–Kier alpha value is -3.41. The number of rotatable bonds is 4. The molecule has 0 unspecified atom stereocenters. The van der Waals surface area contributed by atoms with Crippen molar-refractivity contribution in [3.05, 3.63) is 64.7 Å². The minimum Gasteiger partial charge on any atom is -0.478 e. The van der Waals surface area contributed by atoms with Crippen molar-refractivity contribution < 1.29 is 9.90 Å². The number of aliphatic carboxylic acids is 1. The monoisotopic (exact) mass is 360 g/mol. The van der Waals surface area contributed by atoms with Crippen LogP contribution in [0.1, 0.15) is 28.3 Å². The van der Waals surface area contributed by atoms with Crippen molar-refractivity contribution in [3.8, 4) is 0 Å². The molecule has 136 valence electrons. The highest BCUT2D eigenvalue weighted by atomic mass is 16.4. The predicted molar refractivity (Wildman–Crippen MR) is 106 cm³/mol. The van der Waals surface area contributed by atoms with Gasteiger partial charge in [0.25, 0.3) is 0 Å². The molecule has 27 heavy (non-hydrogen) atoms. The highest BCUT2D eigenvalue weighted by Gasteiger charge is 2.12. The first-order valence-corrected chi connectivity index (χ1v) is 8.74. The van der Waals surface area contributed by atoms with Crippen molar-refractivity contribution in [1.29, 1.82) is 0 Å². The van der Waals surface area contributed by atoms with Gasteiger partial charge in [-0.3, -0.25) is 0 Å². The zero-order valence-electron chi connectivity index (χ0n) is 15.4. The maximum Gasteiger partial charge on any atom is 0.328 e. The quantitative estimate of drug-likeness (QED) is 0.539. The van der Waals surface area contributed by atoms with Crippen molar-refractivity contribution in [2.24, 2.45) is 0 Å². The second-order valence-electron chi connectivity index (χ2n) is 6.82. The number of fused-ring (bicyclic) bond motifs is 2. The van der Waals surface area contributed by atoms with Gasteiger partial charge in [-0.05, 0) is 62.2 Å². The molecule has 0 radical (unpaired) electrons. The Morgan fingerprint density at radius 1 is 1.19 bits per heavy atom. The van der Waals surface area contributed by atoms with Gasteiger partial charge in [-0.1, -0.05) is 6.07 Å². The lowest BCUT2D eigenvalue weighted by Gasteiger charge is -2.07. The summed E-state index contributed by atoms with van der Waals surface area (Å²) < 4.78 is 2.13. The van der Waals surface area contributed by atoms with Crippen molar-refractivity contribution in [1.82, 2.24) is 19.5 Å². The van der Waals surface area contributed by atoms with Crippen molar-refractivity contribution >= 4 is 34.1 Å². The van der Waals surface area contributed by atoms with E-state index in [1.807, 2.05) is 26.0 Å². The van der Waals surface area contributed by atoms with Gasteiger partial charge < -0.3 is 14.7 Å². The first-order chi connectivity index (χ1) is 12.9. The molecule has 0 atom stereocenters. The number of hydrogen-bond acceptors (Lipinski definition) is 3. The summed E-state index contributed by atoms with van der Waals surface area (Å²) >= 11 is 0. The second kappa shape index (κ2) is 6.39. The summed E-state index contributed by atoms with van der Waals surface area (Å²) in [5.41, 5.74) is 6.85. The molecule has 4 aromatic rings. The van der Waals surface area contributed by atoms with E-state index in [0.29, 0.717) is 6.54 Å². The number of pyridine rings is 1. The van der Waals surface area contributed by atoms with Gasteiger partial charge in [0.1, 0.15) is 11.3 Å². The first kappa shape index (κ1) is 17.0. The topological polar surface area (TPSA) is 83.8 Å². The Kier molecular flexibility index (Phi) is 4.03. The van der Waals surface area contributed by atoms with E-state index >= 15 is 0 Å². The molecule has 6 nitrogen and oxygen atoms in total. The first-order valence-electron chi connectivity index (χ1n) is 8.74. The summed E-state index contributed by atoms with van der Waals surface area (Å²) in [5, 5.41) is 9.82. The van der Waals surface area contributed by atoms with Crippen molar-refractivity contribution in [3.63, 3.8) is 0 Å². The number of nitrogens with one attached hydrogen (secondary N) is 1. The summed E-state index contributed by atoms with van der Waals surface area (Å²) in [6.07, 6.45) is 2.69. The predicted octanol–water partition coefficient (Wildman–Crippen LogP) is 3.98. The molecule has 0 bridgehead atoms. The molecule has 0 aliphatic rings. The van der Waals surface area contributed by atoms with Crippen LogP contribution in [0.3, 0.4) is 0 Å². The highest BCUT2D eigenvalue weighted by molar-refractivity contribution is 5.88. The van der Waals surface area contributed by atoms with Crippen molar-refractivity contribution in [2.45, 2.75) is 27.3 Å². The fraction of sp³-hybridized carbons (Fsp3) is 0.190. The van der Waals surface area contributed by atoms with Crippen molar-refractivity contribution in [2.75, 3.05) is 0 Å². The molecule has 0 aliphatic heterocycles. The van der Waals surface area contributed by atoms with Gasteiger partial charge in [-0.25, -0.2) is 14.8 Å². The van der Waals surface area contributed by atoms with E-state index in [1.54, 1.807) is 6.08 Å². The smallest absolute Gasteiger partial charge is 0.328 e. The fourth-order valence-corrected chi connectivity index (χ4v) is 3.44. The number of carboxylic acids is 1. The van der Waals surface area contributed by atoms with E-state index in [0.717, 1.165) is 56.5 Å². The van der Waals surface area contributed by atoms with Crippen LogP contribution < -0.4 is 0 Å². The SMILES string of the molecule is Cc1cc(C)c2nc(C)n(Cc3ccc4[nH]c(C=CC(=O)O)cc4c3)c2n1. The Morgan fingerprint density at radius 2 is 2.00 bits per heavy atom. The van der Waals surface area contributed by atoms with Crippen LogP contribution in [0.25, 0.3) is 28.1 Å². The number of aromatic amines is 1. The number of aromatic nitrogens is 4. The van der Waals surface area contributed by atoms with E-state index < -0.39 is 5.97 Å². The molecule has 2 N–H and O–H groups in total. The summed E-state index contributed by atoms with van der Waals surface area (Å²) in [6.45, 7) is 6.74. The van der Waals surface area contributed by atoms with E-state index in [1.165, 1.54) is 0 Å². The lowest BCUT2D eigenvalue weighted by Crippen LogP contribution is -2.03. The minimum absolute atomic E-state index is 0.680. The number of nitrogens with zero attached hydrogens (tertiary/aromatic N) is 3. The number of aryl methyl sites for hydroxylation is 3. The highest BCUT2D eigenvalue weighted by Crippen LogP contribution is 2.22. The molecule has 3 heterocycles. The van der Waals surface area contributed by atoms with Crippen LogP contribution in [0.2, 0.25) is 0 Å². The molecule has 0 amide bonds. The van der Waals surface area contributed by atoms with Crippen LogP contribution >= 0.6 is 0 Å². The largest absolute Gasteiger partial charge is 0.478 e. The zero-order valence-corrected chi connectivity index (χ0v) is 15.4. The van der Waals surface area contributed by atoms with E-state index in [-0.39, 0.29) is 0 Å². The Morgan fingerprint density at radius 3 is 2.78 bits per heavy atom. The Bertz CT molecular complexity index is 1210. The van der Waals surface area contributed by atoms with Crippen LogP contribution in [-0.2, 0) is 11.3 Å². The number of carbonyl (C=O) groups is 1. The molecule has 3 aromatic heterocycles. The van der Waals surface area contributed by atoms with Crippen LogP contribution in [0, 0.1) is 20.8 Å². The van der Waals surface area contributed by atoms with Crippen LogP contribution in [0.15, 0.2) is 36.4 Å². The third-order valence-electron chi connectivity index (χ3n) is 4.67. The van der Waals surface area contributed by atoms with Gasteiger partial charge in [0.15, 0.2) is 5.65 Å². The summed E-state index contributed by atoms with van der Waals surface area (Å²) in [7, 11) is 0. The second-order valence-corrected chi connectivity index (χ2v) is 6.82. The number of imidazole rings is 1. The lowest BCUT2D eigenvalue weighted by molar-refractivity contribution is -0.131. The number of H-pyrrole nitrogens is 1. The normalized spacial score (nSPS) is 11.8. The third kappa shape index (κ3) is 3.21. The number of benzene rings is 1. The van der Waals surface area contributed by atoms with Gasteiger partial charge in [-0.15, -0.1) is 0 Å². The fourth-order valence-electron chi connectivity index (χ4n) is 3.44.